The Labute approximate surface area is 398 Å². The predicted octanol–water partition coefficient (Wildman–Crippen LogP) is 15.6. The van der Waals surface area contributed by atoms with E-state index in [4.69, 9.17) is 29.4 Å². The second-order valence-electron chi connectivity index (χ2n) is 18.7. The first-order chi connectivity index (χ1) is 31.6. The molecule has 0 aliphatic rings. The molecule has 0 rings (SSSR count). The molecule has 0 saturated carbocycles. The van der Waals surface area contributed by atoms with E-state index in [1.165, 1.54) is 199 Å². The molecule has 3 atom stereocenters. The molecule has 0 fully saturated rings. The lowest BCUT2D eigenvalue weighted by Crippen LogP contribution is -2.34. The summed E-state index contributed by atoms with van der Waals surface area (Å²) in [5.74, 6) is -2.36. The van der Waals surface area contributed by atoms with Gasteiger partial charge in [-0.15, -0.1) is 0 Å². The van der Waals surface area contributed by atoms with Crippen LogP contribution in [0.2, 0.25) is 0 Å². The van der Waals surface area contributed by atoms with Gasteiger partial charge < -0.3 is 25.2 Å². The fourth-order valence-corrected chi connectivity index (χ4v) is 8.78. The van der Waals surface area contributed by atoms with Crippen LogP contribution < -0.4 is 5.73 Å². The Kier molecular flexibility index (Phi) is 47.3. The fourth-order valence-electron chi connectivity index (χ4n) is 8.00. The summed E-state index contributed by atoms with van der Waals surface area (Å²) in [5.41, 5.74) is 5.36. The maximum atomic E-state index is 12.7. The predicted molar refractivity (Wildman–Crippen MR) is 268 cm³/mol. The van der Waals surface area contributed by atoms with Crippen molar-refractivity contribution < 1.29 is 47.5 Å². The first kappa shape index (κ1) is 63.2. The molecule has 0 bridgehead atoms. The number of ether oxygens (including phenoxy) is 2. The van der Waals surface area contributed by atoms with Gasteiger partial charge in [0.05, 0.1) is 13.2 Å². The van der Waals surface area contributed by atoms with Gasteiger partial charge in [0, 0.05) is 12.8 Å². The Hall–Kier alpha value is -1.78. The number of hydrogen-bond acceptors (Lipinski definition) is 9. The number of phosphoric acid groups is 1. The number of carboxylic acid groups (broad SMARTS) is 1. The molecule has 0 saturated heterocycles. The summed E-state index contributed by atoms with van der Waals surface area (Å²) in [6.07, 6.45) is 52.8. The van der Waals surface area contributed by atoms with Gasteiger partial charge in [-0.3, -0.25) is 23.4 Å². The third kappa shape index (κ3) is 48.5. The molecular formula is C53H102NO10P. The Morgan fingerprint density at radius 2 is 0.769 bits per heavy atom. The van der Waals surface area contributed by atoms with E-state index in [2.05, 4.69) is 26.0 Å². The quantitative estimate of drug-likeness (QED) is 0.0229. The largest absolute Gasteiger partial charge is 0.480 e. The van der Waals surface area contributed by atoms with Crippen molar-refractivity contribution >= 4 is 25.7 Å². The average Bonchev–Trinajstić information content (AvgIpc) is 3.28. The van der Waals surface area contributed by atoms with Crippen molar-refractivity contribution in [2.75, 3.05) is 19.8 Å². The van der Waals surface area contributed by atoms with E-state index in [0.717, 1.165) is 38.5 Å². The molecule has 0 aliphatic carbocycles. The SMILES string of the molecule is CCCCCCCC/C=C/CCCCCCCCCCCC(=O)O[C@H](COC(=O)CCCCCCCCCCCCCCCCCCCCCCCC)COP(=O)(O)OC[C@H](N)C(=O)O. The maximum absolute atomic E-state index is 12.7. The number of unbranched alkanes of at least 4 members (excludes halogenated alkanes) is 36. The number of allylic oxidation sites excluding steroid dienone is 2. The molecule has 0 aromatic heterocycles. The van der Waals surface area contributed by atoms with Gasteiger partial charge >= 0.3 is 25.7 Å². The number of esters is 2. The summed E-state index contributed by atoms with van der Waals surface area (Å²) < 4.78 is 32.9. The molecule has 4 N–H and O–H groups in total. The van der Waals surface area contributed by atoms with E-state index in [1.807, 2.05) is 0 Å². The standard InChI is InChI=1S/C53H102NO10P/c1-3-5-7-9-11-13-15-17-19-21-23-24-25-27-28-30-32-34-36-38-40-42-44-51(55)61-46-49(47-62-65(59,60)63-48-50(54)53(57)58)64-52(56)45-43-41-39-37-35-33-31-29-26-22-20-18-16-14-12-10-8-6-4-2/h18,20,49-50H,3-17,19,21-48,54H2,1-2H3,(H,57,58)(H,59,60)/b20-18+/t49-,50+/m1/s1. The van der Waals surface area contributed by atoms with Crippen LogP contribution in [0.25, 0.3) is 0 Å². The minimum absolute atomic E-state index is 0.164. The van der Waals surface area contributed by atoms with Crippen LogP contribution in [0, 0.1) is 0 Å². The van der Waals surface area contributed by atoms with Crippen LogP contribution in [-0.4, -0.2) is 59.9 Å². The Bertz CT molecular complexity index is 1150. The molecule has 0 aromatic rings. The lowest BCUT2D eigenvalue weighted by molar-refractivity contribution is -0.161. The van der Waals surface area contributed by atoms with E-state index >= 15 is 0 Å². The first-order valence-corrected chi connectivity index (χ1v) is 28.7. The van der Waals surface area contributed by atoms with E-state index in [-0.39, 0.29) is 19.4 Å². The summed E-state index contributed by atoms with van der Waals surface area (Å²) >= 11 is 0. The zero-order valence-corrected chi connectivity index (χ0v) is 43.0. The van der Waals surface area contributed by atoms with Gasteiger partial charge in [-0.2, -0.15) is 0 Å². The van der Waals surface area contributed by atoms with Crippen molar-refractivity contribution in [3.05, 3.63) is 12.2 Å². The lowest BCUT2D eigenvalue weighted by Gasteiger charge is -2.20. The molecule has 12 heteroatoms. The van der Waals surface area contributed by atoms with Crippen molar-refractivity contribution in [2.45, 2.75) is 289 Å². The number of carbonyl (C=O) groups is 3. The van der Waals surface area contributed by atoms with Crippen molar-refractivity contribution in [3.8, 4) is 0 Å². The second kappa shape index (κ2) is 48.7. The number of phosphoric ester groups is 1. The highest BCUT2D eigenvalue weighted by Crippen LogP contribution is 2.43. The summed E-state index contributed by atoms with van der Waals surface area (Å²) in [6, 6.07) is -1.52. The second-order valence-corrected chi connectivity index (χ2v) is 20.2. The molecule has 0 spiro atoms. The van der Waals surface area contributed by atoms with E-state index in [1.54, 1.807) is 0 Å². The minimum Gasteiger partial charge on any atom is -0.480 e. The van der Waals surface area contributed by atoms with Crippen LogP contribution >= 0.6 is 7.82 Å². The third-order valence-electron chi connectivity index (χ3n) is 12.3. The zero-order chi connectivity index (χ0) is 47.7. The van der Waals surface area contributed by atoms with Crippen molar-refractivity contribution in [2.24, 2.45) is 5.73 Å². The monoisotopic (exact) mass is 944 g/mol. The van der Waals surface area contributed by atoms with Gasteiger partial charge in [0.1, 0.15) is 12.6 Å². The fraction of sp³-hybridized carbons (Fsp3) is 0.906. The van der Waals surface area contributed by atoms with Crippen LogP contribution in [0.15, 0.2) is 12.2 Å². The van der Waals surface area contributed by atoms with Crippen LogP contribution in [0.3, 0.4) is 0 Å². The molecule has 0 aliphatic heterocycles. The average molecular weight is 944 g/mol. The van der Waals surface area contributed by atoms with E-state index in [0.29, 0.717) is 12.8 Å². The molecule has 0 heterocycles. The molecule has 0 aromatic carbocycles. The normalized spacial score (nSPS) is 13.5. The van der Waals surface area contributed by atoms with Crippen molar-refractivity contribution in [1.82, 2.24) is 0 Å². The van der Waals surface area contributed by atoms with Gasteiger partial charge in [0.25, 0.3) is 0 Å². The van der Waals surface area contributed by atoms with Crippen LogP contribution in [-0.2, 0) is 37.5 Å². The van der Waals surface area contributed by atoms with Gasteiger partial charge in [-0.25, -0.2) is 4.57 Å². The molecule has 65 heavy (non-hydrogen) atoms. The molecular weight excluding hydrogens is 842 g/mol. The highest BCUT2D eigenvalue weighted by molar-refractivity contribution is 7.47. The maximum Gasteiger partial charge on any atom is 0.472 e. The van der Waals surface area contributed by atoms with Gasteiger partial charge in [-0.1, -0.05) is 238 Å². The smallest absolute Gasteiger partial charge is 0.472 e. The summed E-state index contributed by atoms with van der Waals surface area (Å²) in [7, 11) is -4.72. The van der Waals surface area contributed by atoms with Crippen LogP contribution in [0.1, 0.15) is 277 Å². The highest BCUT2D eigenvalue weighted by atomic mass is 31.2. The Morgan fingerprint density at radius 3 is 1.12 bits per heavy atom. The molecule has 0 radical (unpaired) electrons. The Balaban J connectivity index is 4.16. The molecule has 384 valence electrons. The summed E-state index contributed by atoms with van der Waals surface area (Å²) in [6.45, 7) is 2.86. The van der Waals surface area contributed by atoms with Crippen molar-refractivity contribution in [1.29, 1.82) is 0 Å². The van der Waals surface area contributed by atoms with E-state index in [9.17, 15) is 23.8 Å². The third-order valence-corrected chi connectivity index (χ3v) is 13.2. The number of rotatable bonds is 52. The number of nitrogens with two attached hydrogens (primary N) is 1. The van der Waals surface area contributed by atoms with Gasteiger partial charge in [0.15, 0.2) is 6.10 Å². The summed E-state index contributed by atoms with van der Waals surface area (Å²) in [4.78, 5) is 46.2. The van der Waals surface area contributed by atoms with Crippen molar-refractivity contribution in [3.63, 3.8) is 0 Å². The number of hydrogen-bond donors (Lipinski definition) is 3. The topological polar surface area (TPSA) is 172 Å². The number of carbonyl (C=O) groups excluding carboxylic acids is 2. The van der Waals surface area contributed by atoms with Crippen LogP contribution in [0.4, 0.5) is 0 Å². The van der Waals surface area contributed by atoms with Gasteiger partial charge in [0.2, 0.25) is 0 Å². The molecule has 1 unspecified atom stereocenters. The van der Waals surface area contributed by atoms with Crippen LogP contribution in [0.5, 0.6) is 0 Å². The number of aliphatic carboxylic acids is 1. The minimum atomic E-state index is -4.72. The molecule has 0 amide bonds. The van der Waals surface area contributed by atoms with E-state index < -0.39 is 51.1 Å². The Morgan fingerprint density at radius 1 is 0.462 bits per heavy atom. The lowest BCUT2D eigenvalue weighted by atomic mass is 10.0. The van der Waals surface area contributed by atoms with Gasteiger partial charge in [-0.05, 0) is 38.5 Å². The molecule has 11 nitrogen and oxygen atoms in total. The first-order valence-electron chi connectivity index (χ1n) is 27.2. The summed E-state index contributed by atoms with van der Waals surface area (Å²) in [5, 5.41) is 8.93. The zero-order valence-electron chi connectivity index (χ0n) is 42.1. The highest BCUT2D eigenvalue weighted by Gasteiger charge is 2.28. The number of carboxylic acids is 1.